The number of amides is 3. The van der Waals surface area contributed by atoms with Gasteiger partial charge in [0.25, 0.3) is 11.8 Å². The van der Waals surface area contributed by atoms with Crippen molar-refractivity contribution in [1.29, 1.82) is 0 Å². The molecule has 1 aromatic carbocycles. The molecule has 0 saturated carbocycles. The van der Waals surface area contributed by atoms with E-state index in [4.69, 9.17) is 10.2 Å². The molecule has 1 aromatic heterocycles. The monoisotopic (exact) mass is 490 g/mol. The zero-order valence-electron chi connectivity index (χ0n) is 17.5. The highest BCUT2D eigenvalue weighted by atomic mass is 79.9. The summed E-state index contributed by atoms with van der Waals surface area (Å²) in [4.78, 5) is 40.5. The van der Waals surface area contributed by atoms with Gasteiger partial charge in [-0.05, 0) is 72.5 Å². The molecule has 1 fully saturated rings. The number of rotatable bonds is 8. The van der Waals surface area contributed by atoms with Crippen LogP contribution in [0.2, 0.25) is 0 Å². The van der Waals surface area contributed by atoms with Crippen molar-refractivity contribution < 1.29 is 18.8 Å². The third-order valence-electron chi connectivity index (χ3n) is 5.44. The van der Waals surface area contributed by atoms with Crippen LogP contribution in [0.25, 0.3) is 0 Å². The normalized spacial score (nSPS) is 16.6. The van der Waals surface area contributed by atoms with E-state index in [1.165, 1.54) is 4.90 Å². The molecule has 9 heteroatoms. The molecular weight excluding hydrogens is 464 g/mol. The van der Waals surface area contributed by atoms with Crippen LogP contribution in [0.4, 0.5) is 5.69 Å². The maximum atomic E-state index is 12.8. The molecule has 1 aliphatic rings. The lowest BCUT2D eigenvalue weighted by molar-refractivity contribution is -0.123. The molecule has 1 aliphatic heterocycles. The number of nitrogens with two attached hydrogens (primary N) is 1. The molecule has 166 valence electrons. The first-order chi connectivity index (χ1) is 14.9. The number of anilines is 1. The minimum Gasteiger partial charge on any atom is -0.444 e. The number of furan rings is 1. The second-order valence-corrected chi connectivity index (χ2v) is 8.42. The minimum atomic E-state index is -0.347. The first kappa shape index (κ1) is 23.0. The number of hydrogen-bond acceptors (Lipinski definition) is 5. The molecule has 3 amide bonds. The average Bonchev–Trinajstić information content (AvgIpc) is 3.22. The van der Waals surface area contributed by atoms with Gasteiger partial charge in [0.05, 0.1) is 17.2 Å². The number of carbonyl (C=O) groups excluding carboxylic acids is 3. The van der Waals surface area contributed by atoms with E-state index in [0.717, 1.165) is 32.4 Å². The van der Waals surface area contributed by atoms with E-state index in [-0.39, 0.29) is 29.4 Å². The van der Waals surface area contributed by atoms with Gasteiger partial charge in [0.2, 0.25) is 5.91 Å². The molecule has 3 rings (SSSR count). The molecule has 2 heterocycles. The zero-order chi connectivity index (χ0) is 22.4. The van der Waals surface area contributed by atoms with Crippen molar-refractivity contribution in [2.45, 2.75) is 19.3 Å². The molecule has 1 saturated heterocycles. The van der Waals surface area contributed by atoms with Crippen LogP contribution in [0.15, 0.2) is 45.5 Å². The summed E-state index contributed by atoms with van der Waals surface area (Å²) in [6.07, 6.45) is 2.56. The van der Waals surface area contributed by atoms with Crippen molar-refractivity contribution in [2.75, 3.05) is 38.1 Å². The molecule has 0 radical (unpaired) electrons. The molecule has 0 aliphatic carbocycles. The fourth-order valence-electron chi connectivity index (χ4n) is 3.75. The second-order valence-electron chi connectivity index (χ2n) is 7.64. The van der Waals surface area contributed by atoms with Crippen molar-refractivity contribution in [1.82, 2.24) is 10.2 Å². The number of nitrogens with one attached hydrogen (secondary N) is 1. The Hall–Kier alpha value is -2.65. The summed E-state index contributed by atoms with van der Waals surface area (Å²) >= 11 is 3.19. The molecule has 1 unspecified atom stereocenters. The largest absolute Gasteiger partial charge is 0.444 e. The van der Waals surface area contributed by atoms with E-state index in [9.17, 15) is 14.4 Å². The van der Waals surface area contributed by atoms with Gasteiger partial charge in [0.1, 0.15) is 0 Å². The number of para-hydroxylation sites is 1. The van der Waals surface area contributed by atoms with Gasteiger partial charge >= 0.3 is 0 Å². The third-order valence-corrected chi connectivity index (χ3v) is 5.87. The van der Waals surface area contributed by atoms with Crippen LogP contribution < -0.4 is 16.0 Å². The Morgan fingerprint density at radius 1 is 1.26 bits per heavy atom. The summed E-state index contributed by atoms with van der Waals surface area (Å²) in [5.74, 6) is -0.738. The van der Waals surface area contributed by atoms with Crippen LogP contribution in [-0.4, -0.2) is 55.8 Å². The number of hydrogen-bond donors (Lipinski definition) is 2. The van der Waals surface area contributed by atoms with Gasteiger partial charge in [-0.2, -0.15) is 0 Å². The lowest BCUT2D eigenvalue weighted by atomic mass is 9.97. The fraction of sp³-hybridized carbons (Fsp3) is 0.409. The van der Waals surface area contributed by atoms with Crippen LogP contribution in [0, 0.1) is 5.92 Å². The molecule has 3 N–H and O–H groups in total. The number of piperidine rings is 1. The van der Waals surface area contributed by atoms with Gasteiger partial charge < -0.3 is 25.3 Å². The first-order valence-electron chi connectivity index (χ1n) is 10.3. The van der Waals surface area contributed by atoms with Gasteiger partial charge in [0, 0.05) is 20.1 Å². The molecule has 8 nitrogen and oxygen atoms in total. The van der Waals surface area contributed by atoms with E-state index in [2.05, 4.69) is 26.1 Å². The lowest BCUT2D eigenvalue weighted by Gasteiger charge is -2.31. The van der Waals surface area contributed by atoms with E-state index in [1.54, 1.807) is 43.4 Å². The summed E-state index contributed by atoms with van der Waals surface area (Å²) in [7, 11) is 1.61. The fourth-order valence-corrected chi connectivity index (χ4v) is 4.06. The maximum absolute atomic E-state index is 12.8. The predicted molar refractivity (Wildman–Crippen MR) is 121 cm³/mol. The number of likely N-dealkylation sites (tertiary alicyclic amines) is 1. The molecule has 1 atom stereocenters. The Morgan fingerprint density at radius 2 is 2.03 bits per heavy atom. The second kappa shape index (κ2) is 10.6. The summed E-state index contributed by atoms with van der Waals surface area (Å²) in [5.41, 5.74) is 6.34. The highest BCUT2D eigenvalue weighted by molar-refractivity contribution is 9.10. The first-order valence-corrected chi connectivity index (χ1v) is 11.1. The number of carbonyl (C=O) groups is 3. The highest BCUT2D eigenvalue weighted by Crippen LogP contribution is 2.23. The Morgan fingerprint density at radius 3 is 2.74 bits per heavy atom. The van der Waals surface area contributed by atoms with Crippen LogP contribution in [0.5, 0.6) is 0 Å². The lowest BCUT2D eigenvalue weighted by Crippen LogP contribution is -2.42. The van der Waals surface area contributed by atoms with Crippen LogP contribution >= 0.6 is 15.9 Å². The van der Waals surface area contributed by atoms with E-state index < -0.39 is 0 Å². The molecular formula is C22H27BrN4O4. The summed E-state index contributed by atoms with van der Waals surface area (Å²) in [5, 5.41) is 2.92. The minimum absolute atomic E-state index is 0.0851. The quantitative estimate of drug-likeness (QED) is 0.552. The van der Waals surface area contributed by atoms with E-state index in [0.29, 0.717) is 29.0 Å². The third kappa shape index (κ3) is 5.95. The van der Waals surface area contributed by atoms with Crippen molar-refractivity contribution in [3.05, 3.63) is 52.4 Å². The van der Waals surface area contributed by atoms with Crippen molar-refractivity contribution in [3.63, 3.8) is 0 Å². The molecule has 31 heavy (non-hydrogen) atoms. The average molecular weight is 491 g/mol. The van der Waals surface area contributed by atoms with Gasteiger partial charge in [-0.3, -0.25) is 14.4 Å². The molecule has 2 aromatic rings. The van der Waals surface area contributed by atoms with Crippen LogP contribution in [-0.2, 0) is 4.79 Å². The van der Waals surface area contributed by atoms with Crippen molar-refractivity contribution >= 4 is 39.3 Å². The maximum Gasteiger partial charge on any atom is 0.293 e. The van der Waals surface area contributed by atoms with E-state index in [1.807, 2.05) is 0 Å². The van der Waals surface area contributed by atoms with Gasteiger partial charge in [-0.25, -0.2) is 0 Å². The van der Waals surface area contributed by atoms with Gasteiger partial charge in [-0.15, -0.1) is 0 Å². The standard InChI is InChI=1S/C22H27BrN4O4/c1-26(22(30)18-9-10-19(23)31-18)17-8-3-2-7-16(17)21(29)25-11-5-13-27-12-4-6-15(14-27)20(24)28/h2-3,7-10,15H,4-6,11-14H2,1H3,(H2,24,28)(H,25,29). The number of halogens is 1. The Balaban J connectivity index is 1.55. The Labute approximate surface area is 189 Å². The predicted octanol–water partition coefficient (Wildman–Crippen LogP) is 2.64. The summed E-state index contributed by atoms with van der Waals surface area (Å²) in [6.45, 7) is 2.91. The number of benzene rings is 1. The highest BCUT2D eigenvalue weighted by Gasteiger charge is 2.24. The van der Waals surface area contributed by atoms with Crippen molar-refractivity contribution in [2.24, 2.45) is 11.7 Å². The molecule has 0 bridgehead atoms. The Kier molecular flexibility index (Phi) is 7.86. The molecule has 0 spiro atoms. The van der Waals surface area contributed by atoms with Crippen molar-refractivity contribution in [3.8, 4) is 0 Å². The number of nitrogens with zero attached hydrogens (tertiary/aromatic N) is 2. The summed E-state index contributed by atoms with van der Waals surface area (Å²) in [6, 6.07) is 10.2. The van der Waals surface area contributed by atoms with Crippen LogP contribution in [0.1, 0.15) is 40.2 Å². The smallest absolute Gasteiger partial charge is 0.293 e. The topological polar surface area (TPSA) is 109 Å². The summed E-state index contributed by atoms with van der Waals surface area (Å²) < 4.78 is 5.80. The Bertz CT molecular complexity index is 945. The number of primary amides is 1. The van der Waals surface area contributed by atoms with Gasteiger partial charge in [0.15, 0.2) is 10.4 Å². The van der Waals surface area contributed by atoms with E-state index >= 15 is 0 Å². The van der Waals surface area contributed by atoms with Gasteiger partial charge in [-0.1, -0.05) is 12.1 Å². The zero-order valence-corrected chi connectivity index (χ0v) is 19.1. The SMILES string of the molecule is CN(C(=O)c1ccc(Br)o1)c1ccccc1C(=O)NCCCN1CCCC(C(N)=O)C1. The van der Waals surface area contributed by atoms with Crippen LogP contribution in [0.3, 0.4) is 0 Å².